The van der Waals surface area contributed by atoms with Crippen LogP contribution in [0.4, 0.5) is 0 Å². The summed E-state index contributed by atoms with van der Waals surface area (Å²) in [6.45, 7) is 3.26. The first-order valence-electron chi connectivity index (χ1n) is 6.61. The molecule has 0 aliphatic rings. The highest BCUT2D eigenvalue weighted by molar-refractivity contribution is 5.78. The molecule has 0 radical (unpaired) electrons. The topological polar surface area (TPSA) is 52.6 Å². The molecular weight excluding hydrogens is 240 g/mol. The predicted octanol–water partition coefficient (Wildman–Crippen LogP) is 1.61. The number of rotatable bonds is 8. The van der Waals surface area contributed by atoms with Crippen LogP contribution in [0.3, 0.4) is 0 Å². The van der Waals surface area contributed by atoms with Crippen molar-refractivity contribution in [2.24, 2.45) is 0 Å². The van der Waals surface area contributed by atoms with Gasteiger partial charge in [-0.1, -0.05) is 30.3 Å². The lowest BCUT2D eigenvalue weighted by atomic mass is 9.93. The first-order valence-corrected chi connectivity index (χ1v) is 6.61. The SMILES string of the molecule is CN(C)CCNC(C)(CCc1ccccc1)C(=O)O. The molecule has 0 saturated heterocycles. The second-order valence-corrected chi connectivity index (χ2v) is 5.35. The van der Waals surface area contributed by atoms with Crippen LogP contribution >= 0.6 is 0 Å². The number of nitrogens with one attached hydrogen (secondary N) is 1. The van der Waals surface area contributed by atoms with Crippen LogP contribution in [0.5, 0.6) is 0 Å². The molecule has 0 amide bonds. The van der Waals surface area contributed by atoms with E-state index in [1.807, 2.05) is 49.3 Å². The summed E-state index contributed by atoms with van der Waals surface area (Å²) in [7, 11) is 3.95. The standard InChI is InChI=1S/C15H24N2O2/c1-15(14(18)19,16-11-12-17(2)3)10-9-13-7-5-4-6-8-13/h4-8,16H,9-12H2,1-3H3,(H,18,19). The molecule has 1 aromatic carbocycles. The Bertz CT molecular complexity index is 392. The molecule has 2 N–H and O–H groups in total. The van der Waals surface area contributed by atoms with Crippen molar-refractivity contribution in [3.63, 3.8) is 0 Å². The summed E-state index contributed by atoms with van der Waals surface area (Å²) in [5, 5.41) is 12.6. The molecular formula is C15H24N2O2. The summed E-state index contributed by atoms with van der Waals surface area (Å²) in [6, 6.07) is 9.99. The number of aryl methyl sites for hydroxylation is 1. The van der Waals surface area contributed by atoms with Crippen molar-refractivity contribution in [1.29, 1.82) is 0 Å². The fourth-order valence-electron chi connectivity index (χ4n) is 1.87. The van der Waals surface area contributed by atoms with Crippen molar-refractivity contribution in [3.05, 3.63) is 35.9 Å². The van der Waals surface area contributed by atoms with Crippen LogP contribution < -0.4 is 5.32 Å². The molecule has 0 saturated carbocycles. The number of likely N-dealkylation sites (N-methyl/N-ethyl adjacent to an activating group) is 1. The van der Waals surface area contributed by atoms with E-state index in [4.69, 9.17) is 0 Å². The largest absolute Gasteiger partial charge is 0.480 e. The van der Waals surface area contributed by atoms with Crippen molar-refractivity contribution < 1.29 is 9.90 Å². The van der Waals surface area contributed by atoms with E-state index < -0.39 is 11.5 Å². The molecule has 0 aliphatic heterocycles. The van der Waals surface area contributed by atoms with Gasteiger partial charge in [-0.3, -0.25) is 4.79 Å². The van der Waals surface area contributed by atoms with E-state index in [0.717, 1.165) is 13.0 Å². The number of carbonyl (C=O) groups is 1. The van der Waals surface area contributed by atoms with Gasteiger partial charge in [0.05, 0.1) is 0 Å². The van der Waals surface area contributed by atoms with E-state index in [2.05, 4.69) is 5.32 Å². The van der Waals surface area contributed by atoms with Crippen LogP contribution in [0.15, 0.2) is 30.3 Å². The minimum Gasteiger partial charge on any atom is -0.480 e. The van der Waals surface area contributed by atoms with Crippen molar-refractivity contribution in [3.8, 4) is 0 Å². The molecule has 0 spiro atoms. The maximum Gasteiger partial charge on any atom is 0.323 e. The highest BCUT2D eigenvalue weighted by Crippen LogP contribution is 2.14. The minimum atomic E-state index is -0.869. The Labute approximate surface area is 115 Å². The Morgan fingerprint density at radius 2 is 1.95 bits per heavy atom. The third kappa shape index (κ3) is 5.41. The number of carboxylic acids is 1. The lowest BCUT2D eigenvalue weighted by Gasteiger charge is -2.27. The van der Waals surface area contributed by atoms with Crippen molar-refractivity contribution in [1.82, 2.24) is 10.2 Å². The highest BCUT2D eigenvalue weighted by atomic mass is 16.4. The van der Waals surface area contributed by atoms with Crippen LogP contribution in [0.1, 0.15) is 18.9 Å². The Morgan fingerprint density at radius 1 is 1.32 bits per heavy atom. The summed E-state index contributed by atoms with van der Waals surface area (Å²) < 4.78 is 0. The lowest BCUT2D eigenvalue weighted by molar-refractivity contribution is -0.144. The highest BCUT2D eigenvalue weighted by Gasteiger charge is 2.31. The van der Waals surface area contributed by atoms with Gasteiger partial charge in [0, 0.05) is 13.1 Å². The molecule has 4 heteroatoms. The molecule has 0 aromatic heterocycles. The Morgan fingerprint density at radius 3 is 2.47 bits per heavy atom. The average molecular weight is 264 g/mol. The average Bonchev–Trinajstić information content (AvgIpc) is 2.37. The fraction of sp³-hybridized carbons (Fsp3) is 0.533. The molecule has 0 aliphatic carbocycles. The molecule has 0 heterocycles. The Hall–Kier alpha value is -1.39. The summed E-state index contributed by atoms with van der Waals surface area (Å²) in [5.74, 6) is -0.790. The van der Waals surface area contributed by atoms with E-state index >= 15 is 0 Å². The quantitative estimate of drug-likeness (QED) is 0.749. The van der Waals surface area contributed by atoms with Crippen LogP contribution in [0.25, 0.3) is 0 Å². The molecule has 1 aromatic rings. The number of nitrogens with zero attached hydrogens (tertiary/aromatic N) is 1. The van der Waals surface area contributed by atoms with Gasteiger partial charge < -0.3 is 15.3 Å². The first kappa shape index (κ1) is 15.7. The minimum absolute atomic E-state index is 0.583. The molecule has 0 fully saturated rings. The van der Waals surface area contributed by atoms with E-state index in [-0.39, 0.29) is 0 Å². The maximum atomic E-state index is 11.4. The third-order valence-electron chi connectivity index (χ3n) is 3.30. The van der Waals surface area contributed by atoms with Crippen LogP contribution in [-0.4, -0.2) is 48.7 Å². The molecule has 1 atom stereocenters. The third-order valence-corrected chi connectivity index (χ3v) is 3.30. The van der Waals surface area contributed by atoms with Gasteiger partial charge >= 0.3 is 5.97 Å². The van der Waals surface area contributed by atoms with Crippen molar-refractivity contribution in [2.45, 2.75) is 25.3 Å². The van der Waals surface area contributed by atoms with Gasteiger partial charge in [0.15, 0.2) is 0 Å². The van der Waals surface area contributed by atoms with E-state index in [9.17, 15) is 9.90 Å². The van der Waals surface area contributed by atoms with Gasteiger partial charge in [-0.05, 0) is 39.4 Å². The first-order chi connectivity index (χ1) is 8.94. The number of aliphatic carboxylic acids is 1. The Balaban J connectivity index is 2.54. The number of carboxylic acid groups (broad SMARTS) is 1. The molecule has 19 heavy (non-hydrogen) atoms. The van der Waals surface area contributed by atoms with Crippen LogP contribution in [-0.2, 0) is 11.2 Å². The number of hydrogen-bond acceptors (Lipinski definition) is 3. The molecule has 1 rings (SSSR count). The van der Waals surface area contributed by atoms with E-state index in [1.165, 1.54) is 5.56 Å². The second-order valence-electron chi connectivity index (χ2n) is 5.35. The van der Waals surface area contributed by atoms with Gasteiger partial charge in [0.2, 0.25) is 0 Å². The summed E-state index contributed by atoms with van der Waals surface area (Å²) >= 11 is 0. The monoisotopic (exact) mass is 264 g/mol. The molecule has 1 unspecified atom stereocenters. The van der Waals surface area contributed by atoms with Gasteiger partial charge in [-0.25, -0.2) is 0 Å². The van der Waals surface area contributed by atoms with Crippen molar-refractivity contribution >= 4 is 5.97 Å². The summed E-state index contributed by atoms with van der Waals surface area (Å²) in [4.78, 5) is 13.5. The molecule has 0 bridgehead atoms. The Kier molecular flexibility index (Phi) is 5.99. The molecule has 4 nitrogen and oxygen atoms in total. The van der Waals surface area contributed by atoms with Crippen LogP contribution in [0.2, 0.25) is 0 Å². The maximum absolute atomic E-state index is 11.4. The molecule has 106 valence electrons. The smallest absolute Gasteiger partial charge is 0.323 e. The zero-order valence-corrected chi connectivity index (χ0v) is 12.0. The van der Waals surface area contributed by atoms with Gasteiger partial charge in [-0.2, -0.15) is 0 Å². The van der Waals surface area contributed by atoms with Gasteiger partial charge in [0.25, 0.3) is 0 Å². The fourth-order valence-corrected chi connectivity index (χ4v) is 1.87. The van der Waals surface area contributed by atoms with Gasteiger partial charge in [0.1, 0.15) is 5.54 Å². The van der Waals surface area contributed by atoms with Crippen molar-refractivity contribution in [2.75, 3.05) is 27.2 Å². The zero-order chi connectivity index (χ0) is 14.3. The summed E-state index contributed by atoms with van der Waals surface area (Å²) in [5.41, 5.74) is 0.302. The summed E-state index contributed by atoms with van der Waals surface area (Å²) in [6.07, 6.45) is 1.35. The predicted molar refractivity (Wildman–Crippen MR) is 77.4 cm³/mol. The number of benzene rings is 1. The van der Waals surface area contributed by atoms with Crippen LogP contribution in [0, 0.1) is 0 Å². The van der Waals surface area contributed by atoms with E-state index in [0.29, 0.717) is 13.0 Å². The lowest BCUT2D eigenvalue weighted by Crippen LogP contribution is -2.51. The van der Waals surface area contributed by atoms with E-state index in [1.54, 1.807) is 6.92 Å². The van der Waals surface area contributed by atoms with Gasteiger partial charge in [-0.15, -0.1) is 0 Å². The zero-order valence-electron chi connectivity index (χ0n) is 12.0. The normalized spacial score (nSPS) is 14.3. The second kappa shape index (κ2) is 7.26. The number of hydrogen-bond donors (Lipinski definition) is 2.